The van der Waals surface area contributed by atoms with Gasteiger partial charge < -0.3 is 15.1 Å². The maximum atomic E-state index is 8.93. The van der Waals surface area contributed by atoms with Crippen LogP contribution in [0.25, 0.3) is 0 Å². The predicted octanol–water partition coefficient (Wildman–Crippen LogP) is 1.99. The maximum Gasteiger partial charge on any atom is 0.128 e. The zero-order valence-electron chi connectivity index (χ0n) is 14.1. The fraction of sp³-hybridized carbons (Fsp3) is 0.368. The van der Waals surface area contributed by atoms with Crippen LogP contribution >= 0.6 is 0 Å². The molecule has 0 radical (unpaired) electrons. The Hall–Kier alpha value is -2.42. The van der Waals surface area contributed by atoms with Crippen LogP contribution in [-0.4, -0.2) is 43.1 Å². The van der Waals surface area contributed by atoms with Crippen LogP contribution in [-0.2, 0) is 13.1 Å². The zero-order valence-corrected chi connectivity index (χ0v) is 14.1. The Kier molecular flexibility index (Phi) is 5.42. The minimum atomic E-state index is 0.701. The number of nitrogens with one attached hydrogen (secondary N) is 1. The van der Waals surface area contributed by atoms with E-state index in [1.165, 1.54) is 5.56 Å². The lowest BCUT2D eigenvalue weighted by Crippen LogP contribution is -2.44. The van der Waals surface area contributed by atoms with E-state index in [0.29, 0.717) is 5.56 Å². The predicted molar refractivity (Wildman–Crippen MR) is 95.6 cm³/mol. The molecule has 2 aromatic rings. The summed E-state index contributed by atoms with van der Waals surface area (Å²) in [6.07, 6.45) is 1.95. The summed E-state index contributed by atoms with van der Waals surface area (Å²) in [5, 5.41) is 12.3. The van der Waals surface area contributed by atoms with E-state index < -0.39 is 0 Å². The van der Waals surface area contributed by atoms with Crippen molar-refractivity contribution < 1.29 is 0 Å². The molecule has 3 rings (SSSR count). The highest BCUT2D eigenvalue weighted by Gasteiger charge is 2.14. The normalized spacial score (nSPS) is 15.2. The van der Waals surface area contributed by atoms with E-state index in [9.17, 15) is 0 Å². The van der Waals surface area contributed by atoms with Crippen molar-refractivity contribution in [3.8, 4) is 6.07 Å². The van der Waals surface area contributed by atoms with Crippen molar-refractivity contribution >= 4 is 5.82 Å². The average Bonchev–Trinajstić information content (AvgIpc) is 2.63. The highest BCUT2D eigenvalue weighted by molar-refractivity contribution is 5.40. The molecule has 24 heavy (non-hydrogen) atoms. The van der Waals surface area contributed by atoms with Gasteiger partial charge in [0.2, 0.25) is 0 Å². The molecule has 1 aliphatic rings. The second-order valence-corrected chi connectivity index (χ2v) is 6.23. The maximum absolute atomic E-state index is 8.93. The lowest BCUT2D eigenvalue weighted by atomic mass is 10.1. The number of nitriles is 1. The number of anilines is 1. The minimum absolute atomic E-state index is 0.701. The summed E-state index contributed by atoms with van der Waals surface area (Å²) in [6, 6.07) is 14.1. The first-order valence-electron chi connectivity index (χ1n) is 8.33. The molecule has 5 nitrogen and oxygen atoms in total. The molecule has 124 valence electrons. The molecule has 2 heterocycles. The number of rotatable bonds is 5. The monoisotopic (exact) mass is 321 g/mol. The lowest BCUT2D eigenvalue weighted by molar-refractivity contribution is 0.312. The number of aromatic nitrogens is 1. The van der Waals surface area contributed by atoms with Crippen molar-refractivity contribution in [3.63, 3.8) is 0 Å². The largest absolute Gasteiger partial charge is 0.354 e. The standard InChI is InChI=1S/C19H23N5/c1-23-7-9-24(10-8-23)19-6-5-18(15-22-19)14-21-13-17-4-2-3-16(11-17)12-20/h2-6,11,15,21H,7-10,13-14H2,1H3. The summed E-state index contributed by atoms with van der Waals surface area (Å²) in [7, 11) is 2.16. The van der Waals surface area contributed by atoms with Gasteiger partial charge in [-0.1, -0.05) is 18.2 Å². The van der Waals surface area contributed by atoms with Gasteiger partial charge in [-0.05, 0) is 36.4 Å². The smallest absolute Gasteiger partial charge is 0.128 e. The van der Waals surface area contributed by atoms with E-state index in [-0.39, 0.29) is 0 Å². The molecule has 0 unspecified atom stereocenters. The van der Waals surface area contributed by atoms with E-state index in [1.807, 2.05) is 30.5 Å². The molecular formula is C19H23N5. The summed E-state index contributed by atoms with van der Waals surface area (Å²) < 4.78 is 0. The van der Waals surface area contributed by atoms with Gasteiger partial charge in [0.25, 0.3) is 0 Å². The quantitative estimate of drug-likeness (QED) is 0.913. The second-order valence-electron chi connectivity index (χ2n) is 6.23. The number of benzene rings is 1. The molecule has 1 aromatic heterocycles. The van der Waals surface area contributed by atoms with Gasteiger partial charge in [0, 0.05) is 45.5 Å². The average molecular weight is 321 g/mol. The summed E-state index contributed by atoms with van der Waals surface area (Å²) in [6.45, 7) is 5.77. The molecule has 0 atom stereocenters. The topological polar surface area (TPSA) is 55.2 Å². The Morgan fingerprint density at radius 3 is 2.58 bits per heavy atom. The van der Waals surface area contributed by atoms with Crippen molar-refractivity contribution in [2.45, 2.75) is 13.1 Å². The van der Waals surface area contributed by atoms with Crippen LogP contribution in [0.2, 0.25) is 0 Å². The third-order valence-corrected chi connectivity index (χ3v) is 4.35. The highest BCUT2D eigenvalue weighted by Crippen LogP contribution is 2.13. The van der Waals surface area contributed by atoms with Crippen LogP contribution in [0.4, 0.5) is 5.82 Å². The van der Waals surface area contributed by atoms with E-state index >= 15 is 0 Å². The molecule has 0 spiro atoms. The van der Waals surface area contributed by atoms with Gasteiger partial charge in [-0.25, -0.2) is 4.98 Å². The van der Waals surface area contributed by atoms with Crippen molar-refractivity contribution in [1.82, 2.24) is 15.2 Å². The fourth-order valence-corrected chi connectivity index (χ4v) is 2.85. The van der Waals surface area contributed by atoms with E-state index in [2.05, 4.69) is 45.4 Å². The first kappa shape index (κ1) is 16.4. The third kappa shape index (κ3) is 4.31. The molecule has 0 bridgehead atoms. The summed E-state index contributed by atoms with van der Waals surface area (Å²) >= 11 is 0. The highest BCUT2D eigenvalue weighted by atomic mass is 15.3. The number of hydrogen-bond acceptors (Lipinski definition) is 5. The third-order valence-electron chi connectivity index (χ3n) is 4.35. The lowest BCUT2D eigenvalue weighted by Gasteiger charge is -2.33. The van der Waals surface area contributed by atoms with Gasteiger partial charge in [0.05, 0.1) is 11.6 Å². The Bertz CT molecular complexity index is 696. The number of piperazine rings is 1. The molecular weight excluding hydrogens is 298 g/mol. The van der Waals surface area contributed by atoms with Crippen LogP contribution in [0, 0.1) is 11.3 Å². The second kappa shape index (κ2) is 7.91. The fourth-order valence-electron chi connectivity index (χ4n) is 2.85. The Morgan fingerprint density at radius 2 is 1.88 bits per heavy atom. The molecule has 5 heteroatoms. The molecule has 1 saturated heterocycles. The molecule has 1 aromatic carbocycles. The van der Waals surface area contributed by atoms with Gasteiger partial charge in [-0.15, -0.1) is 0 Å². The number of hydrogen-bond donors (Lipinski definition) is 1. The van der Waals surface area contributed by atoms with Gasteiger partial charge in [0.15, 0.2) is 0 Å². The number of pyridine rings is 1. The SMILES string of the molecule is CN1CCN(c2ccc(CNCc3cccc(C#N)c3)cn2)CC1. The molecule has 1 aliphatic heterocycles. The van der Waals surface area contributed by atoms with Crippen LogP contribution in [0.15, 0.2) is 42.6 Å². The Labute approximate surface area is 143 Å². The van der Waals surface area contributed by atoms with Gasteiger partial charge in [0.1, 0.15) is 5.82 Å². The Balaban J connectivity index is 1.50. The van der Waals surface area contributed by atoms with Gasteiger partial charge >= 0.3 is 0 Å². The minimum Gasteiger partial charge on any atom is -0.354 e. The van der Waals surface area contributed by atoms with Crippen LogP contribution in [0.1, 0.15) is 16.7 Å². The van der Waals surface area contributed by atoms with Gasteiger partial charge in [-0.2, -0.15) is 5.26 Å². The Morgan fingerprint density at radius 1 is 1.08 bits per heavy atom. The van der Waals surface area contributed by atoms with Gasteiger partial charge in [-0.3, -0.25) is 0 Å². The summed E-state index contributed by atoms with van der Waals surface area (Å²) in [4.78, 5) is 9.29. The molecule has 0 aliphatic carbocycles. The van der Waals surface area contributed by atoms with Crippen molar-refractivity contribution in [3.05, 3.63) is 59.3 Å². The first-order valence-corrected chi connectivity index (χ1v) is 8.33. The number of likely N-dealkylation sites (N-methyl/N-ethyl adjacent to an activating group) is 1. The van der Waals surface area contributed by atoms with E-state index in [4.69, 9.17) is 5.26 Å². The molecule has 0 saturated carbocycles. The van der Waals surface area contributed by atoms with E-state index in [0.717, 1.165) is 50.6 Å². The molecule has 1 N–H and O–H groups in total. The summed E-state index contributed by atoms with van der Waals surface area (Å²) in [5.74, 6) is 1.06. The van der Waals surface area contributed by atoms with Crippen molar-refractivity contribution in [2.24, 2.45) is 0 Å². The molecule has 1 fully saturated rings. The number of nitrogens with zero attached hydrogens (tertiary/aromatic N) is 4. The van der Waals surface area contributed by atoms with E-state index in [1.54, 1.807) is 0 Å². The van der Waals surface area contributed by atoms with Crippen LogP contribution < -0.4 is 10.2 Å². The van der Waals surface area contributed by atoms with Crippen LogP contribution in [0.3, 0.4) is 0 Å². The first-order chi connectivity index (χ1) is 11.7. The van der Waals surface area contributed by atoms with Crippen molar-refractivity contribution in [2.75, 3.05) is 38.1 Å². The van der Waals surface area contributed by atoms with Crippen LogP contribution in [0.5, 0.6) is 0 Å². The van der Waals surface area contributed by atoms with Crippen molar-refractivity contribution in [1.29, 1.82) is 5.26 Å². The molecule has 0 amide bonds. The zero-order chi connectivity index (χ0) is 16.8. The summed E-state index contributed by atoms with van der Waals surface area (Å²) in [5.41, 5.74) is 2.99.